The Morgan fingerprint density at radius 3 is 2.29 bits per heavy atom. The Kier molecular flexibility index (Phi) is 5.69. The van der Waals surface area contributed by atoms with Crippen LogP contribution in [0.15, 0.2) is 12.1 Å². The quantitative estimate of drug-likeness (QED) is 0.527. The summed E-state index contributed by atoms with van der Waals surface area (Å²) < 4.78 is 32.1. The number of halogens is 3. The lowest BCUT2D eigenvalue weighted by atomic mass is 10.0. The van der Waals surface area contributed by atoms with Crippen LogP contribution in [-0.2, 0) is 0 Å². The molecule has 0 aliphatic heterocycles. The molecule has 0 aliphatic carbocycles. The van der Waals surface area contributed by atoms with Gasteiger partial charge in [-0.1, -0.05) is 26.2 Å². The van der Waals surface area contributed by atoms with Crippen LogP contribution >= 0.6 is 11.6 Å². The van der Waals surface area contributed by atoms with E-state index in [1.54, 1.807) is 0 Å². The molecule has 1 aromatic rings. The summed E-state index contributed by atoms with van der Waals surface area (Å²) in [5.41, 5.74) is -0.0523. The van der Waals surface area contributed by atoms with Crippen molar-refractivity contribution in [2.24, 2.45) is 0 Å². The summed E-state index contributed by atoms with van der Waals surface area (Å²) in [4.78, 5) is 0. The molecule has 96 valence electrons. The van der Waals surface area contributed by atoms with Gasteiger partial charge in [0.15, 0.2) is 0 Å². The standard InChI is InChI=1S/C13H17ClF2O/c1-3-4-5-6-10(14)13-11(15)7-9(17-2)8-12(13)16/h7-8,10H,3-6H2,1-2H3. The van der Waals surface area contributed by atoms with Gasteiger partial charge in [-0.3, -0.25) is 0 Å². The summed E-state index contributed by atoms with van der Waals surface area (Å²) >= 11 is 6.03. The molecule has 0 aromatic heterocycles. The SMILES string of the molecule is CCCCCC(Cl)c1c(F)cc(OC)cc1F. The van der Waals surface area contributed by atoms with Crippen LogP contribution in [0.5, 0.6) is 5.75 Å². The molecule has 0 bridgehead atoms. The molecular weight excluding hydrogens is 246 g/mol. The van der Waals surface area contributed by atoms with E-state index in [2.05, 4.69) is 6.92 Å². The van der Waals surface area contributed by atoms with Crippen LogP contribution in [0, 0.1) is 11.6 Å². The van der Waals surface area contributed by atoms with Crippen molar-refractivity contribution >= 4 is 11.6 Å². The molecule has 1 rings (SSSR count). The minimum Gasteiger partial charge on any atom is -0.497 e. The first kappa shape index (κ1) is 14.2. The van der Waals surface area contributed by atoms with Crippen LogP contribution in [0.2, 0.25) is 0 Å². The van der Waals surface area contributed by atoms with Crippen molar-refractivity contribution in [1.29, 1.82) is 0 Å². The van der Waals surface area contributed by atoms with E-state index in [1.165, 1.54) is 7.11 Å². The topological polar surface area (TPSA) is 9.23 Å². The maximum Gasteiger partial charge on any atom is 0.134 e. The zero-order valence-corrected chi connectivity index (χ0v) is 10.9. The van der Waals surface area contributed by atoms with Gasteiger partial charge in [-0.15, -0.1) is 11.6 Å². The van der Waals surface area contributed by atoms with Crippen LogP contribution in [0.25, 0.3) is 0 Å². The lowest BCUT2D eigenvalue weighted by Gasteiger charge is -2.13. The maximum absolute atomic E-state index is 13.7. The molecule has 1 unspecified atom stereocenters. The van der Waals surface area contributed by atoms with Gasteiger partial charge in [0.25, 0.3) is 0 Å². The van der Waals surface area contributed by atoms with E-state index < -0.39 is 17.0 Å². The van der Waals surface area contributed by atoms with Crippen molar-refractivity contribution in [3.05, 3.63) is 29.3 Å². The predicted molar refractivity (Wildman–Crippen MR) is 65.6 cm³/mol. The lowest BCUT2D eigenvalue weighted by Crippen LogP contribution is -2.01. The number of alkyl halides is 1. The molecular formula is C13H17ClF2O. The summed E-state index contributed by atoms with van der Waals surface area (Å²) in [5, 5.41) is -0.618. The van der Waals surface area contributed by atoms with E-state index in [1.807, 2.05) is 0 Å². The lowest BCUT2D eigenvalue weighted by molar-refractivity contribution is 0.404. The van der Waals surface area contributed by atoms with Crippen LogP contribution in [0.3, 0.4) is 0 Å². The number of hydrogen-bond acceptors (Lipinski definition) is 1. The normalized spacial score (nSPS) is 12.5. The third kappa shape index (κ3) is 3.84. The smallest absolute Gasteiger partial charge is 0.134 e. The van der Waals surface area contributed by atoms with Gasteiger partial charge in [0, 0.05) is 17.7 Å². The van der Waals surface area contributed by atoms with E-state index in [0.717, 1.165) is 31.4 Å². The van der Waals surface area contributed by atoms with Crippen LogP contribution in [-0.4, -0.2) is 7.11 Å². The highest BCUT2D eigenvalue weighted by molar-refractivity contribution is 6.20. The minimum atomic E-state index is -0.640. The third-order valence-electron chi connectivity index (χ3n) is 2.66. The Morgan fingerprint density at radius 2 is 1.82 bits per heavy atom. The first-order valence-corrected chi connectivity index (χ1v) is 6.20. The first-order valence-electron chi connectivity index (χ1n) is 5.77. The first-order chi connectivity index (χ1) is 8.10. The highest BCUT2D eigenvalue weighted by Gasteiger charge is 2.19. The van der Waals surface area contributed by atoms with Gasteiger partial charge >= 0.3 is 0 Å². The molecule has 0 saturated carbocycles. The maximum atomic E-state index is 13.7. The average Bonchev–Trinajstić information content (AvgIpc) is 2.28. The molecule has 4 heteroatoms. The third-order valence-corrected chi connectivity index (χ3v) is 3.10. The molecule has 1 aromatic carbocycles. The van der Waals surface area contributed by atoms with Gasteiger partial charge < -0.3 is 4.74 Å². The largest absolute Gasteiger partial charge is 0.497 e. The number of rotatable bonds is 6. The van der Waals surface area contributed by atoms with E-state index in [4.69, 9.17) is 16.3 Å². The van der Waals surface area contributed by atoms with Crippen molar-refractivity contribution in [2.45, 2.75) is 38.0 Å². The summed E-state index contributed by atoms with van der Waals surface area (Å²) in [6.45, 7) is 2.07. The fourth-order valence-electron chi connectivity index (χ4n) is 1.70. The van der Waals surface area contributed by atoms with Crippen LogP contribution in [0.1, 0.15) is 43.5 Å². The number of methoxy groups -OCH3 is 1. The zero-order chi connectivity index (χ0) is 12.8. The molecule has 1 atom stereocenters. The van der Waals surface area contributed by atoms with E-state index in [-0.39, 0.29) is 11.3 Å². The van der Waals surface area contributed by atoms with Gasteiger partial charge in [-0.25, -0.2) is 8.78 Å². The Labute approximate surface area is 106 Å². The molecule has 0 amide bonds. The molecule has 1 nitrogen and oxygen atoms in total. The molecule has 0 aliphatic rings. The Bertz CT molecular complexity index is 345. The minimum absolute atomic E-state index is 0.0523. The Hall–Kier alpha value is -0.830. The number of unbranched alkanes of at least 4 members (excludes halogenated alkanes) is 2. The molecule has 0 N–H and O–H groups in total. The van der Waals surface area contributed by atoms with Gasteiger partial charge in [0.1, 0.15) is 17.4 Å². The number of benzene rings is 1. The monoisotopic (exact) mass is 262 g/mol. The van der Waals surface area contributed by atoms with E-state index in [0.29, 0.717) is 6.42 Å². The van der Waals surface area contributed by atoms with Crippen molar-refractivity contribution in [1.82, 2.24) is 0 Å². The van der Waals surface area contributed by atoms with E-state index >= 15 is 0 Å². The molecule has 0 spiro atoms. The van der Waals surface area contributed by atoms with Gasteiger partial charge in [-0.2, -0.15) is 0 Å². The summed E-state index contributed by atoms with van der Waals surface area (Å²) in [6, 6.07) is 2.32. The zero-order valence-electron chi connectivity index (χ0n) is 10.1. The highest BCUT2D eigenvalue weighted by atomic mass is 35.5. The molecule has 0 saturated heterocycles. The van der Waals surface area contributed by atoms with Crippen molar-refractivity contribution in [2.75, 3.05) is 7.11 Å². The van der Waals surface area contributed by atoms with E-state index in [9.17, 15) is 8.78 Å². The molecule has 0 radical (unpaired) electrons. The fraction of sp³-hybridized carbons (Fsp3) is 0.538. The summed E-state index contributed by atoms with van der Waals surface area (Å²) in [6.07, 6.45) is 3.52. The average molecular weight is 263 g/mol. The second kappa shape index (κ2) is 6.80. The number of ether oxygens (including phenoxy) is 1. The second-order valence-electron chi connectivity index (χ2n) is 3.97. The molecule has 0 heterocycles. The summed E-state index contributed by atoms with van der Waals surface area (Å²) in [7, 11) is 1.37. The molecule has 17 heavy (non-hydrogen) atoms. The van der Waals surface area contributed by atoms with Crippen molar-refractivity contribution in [3.8, 4) is 5.75 Å². The Balaban J connectivity index is 2.82. The highest BCUT2D eigenvalue weighted by Crippen LogP contribution is 2.32. The van der Waals surface area contributed by atoms with Crippen molar-refractivity contribution < 1.29 is 13.5 Å². The predicted octanol–water partition coefficient (Wildman–Crippen LogP) is 4.83. The summed E-state index contributed by atoms with van der Waals surface area (Å²) in [5.74, 6) is -1.11. The second-order valence-corrected chi connectivity index (χ2v) is 4.49. The fourth-order valence-corrected chi connectivity index (χ4v) is 2.06. The Morgan fingerprint density at radius 1 is 1.24 bits per heavy atom. The van der Waals surface area contributed by atoms with Crippen molar-refractivity contribution in [3.63, 3.8) is 0 Å². The van der Waals surface area contributed by atoms with Crippen LogP contribution < -0.4 is 4.74 Å². The number of hydrogen-bond donors (Lipinski definition) is 0. The van der Waals surface area contributed by atoms with Crippen LogP contribution in [0.4, 0.5) is 8.78 Å². The van der Waals surface area contributed by atoms with Gasteiger partial charge in [0.05, 0.1) is 12.5 Å². The van der Waals surface area contributed by atoms with Gasteiger partial charge in [-0.05, 0) is 6.42 Å². The molecule has 0 fully saturated rings. The van der Waals surface area contributed by atoms with Gasteiger partial charge in [0.2, 0.25) is 0 Å².